The summed E-state index contributed by atoms with van der Waals surface area (Å²) < 4.78 is 6.22. The number of amides is 1. The van der Waals surface area contributed by atoms with Crippen LogP contribution in [0.3, 0.4) is 0 Å². The molecule has 2 rings (SSSR count). The van der Waals surface area contributed by atoms with E-state index >= 15 is 0 Å². The highest BCUT2D eigenvalue weighted by Gasteiger charge is 2.18. The first-order chi connectivity index (χ1) is 9.19. The van der Waals surface area contributed by atoms with Gasteiger partial charge in [0.15, 0.2) is 0 Å². The van der Waals surface area contributed by atoms with Crippen LogP contribution in [0.15, 0.2) is 18.2 Å². The zero-order valence-electron chi connectivity index (χ0n) is 10.7. The number of carbonyl (C=O) groups excluding carboxylic acids is 1. The van der Waals surface area contributed by atoms with Gasteiger partial charge in [-0.1, -0.05) is 6.07 Å². The molecule has 0 saturated heterocycles. The van der Waals surface area contributed by atoms with E-state index in [4.69, 9.17) is 16.2 Å². The van der Waals surface area contributed by atoms with Crippen LogP contribution in [0, 0.1) is 0 Å². The van der Waals surface area contributed by atoms with Crippen molar-refractivity contribution in [2.24, 2.45) is 5.73 Å². The average molecular weight is 279 g/mol. The molecule has 0 radical (unpaired) electrons. The number of carbonyl (C=O) groups is 1. The fourth-order valence-electron chi connectivity index (χ4n) is 1.86. The largest absolute Gasteiger partial charge is 0.496 e. The Morgan fingerprint density at radius 1 is 1.47 bits per heavy atom. The Morgan fingerprint density at radius 2 is 2.26 bits per heavy atom. The summed E-state index contributed by atoms with van der Waals surface area (Å²) in [4.78, 5) is 12.6. The standard InChI is InChI=1S/C13H17N3O2S/c1-18-8-4-2-5-9-10(8)11(15)12(19-9)13(17)16-7-3-6-14/h2,4-5H,3,6-7,14-15H2,1H3,(H,16,17). The molecular formula is C13H17N3O2S. The highest BCUT2D eigenvalue weighted by molar-refractivity contribution is 7.21. The van der Waals surface area contributed by atoms with Crippen molar-refractivity contribution in [3.05, 3.63) is 23.1 Å². The Kier molecular flexibility index (Phi) is 4.24. The van der Waals surface area contributed by atoms with Crippen molar-refractivity contribution in [2.45, 2.75) is 6.42 Å². The lowest BCUT2D eigenvalue weighted by Crippen LogP contribution is -2.25. The number of fused-ring (bicyclic) bond motifs is 1. The summed E-state index contributed by atoms with van der Waals surface area (Å²) >= 11 is 1.37. The summed E-state index contributed by atoms with van der Waals surface area (Å²) in [6.45, 7) is 1.11. The summed E-state index contributed by atoms with van der Waals surface area (Å²) in [6.07, 6.45) is 0.750. The van der Waals surface area contributed by atoms with Crippen molar-refractivity contribution >= 4 is 33.0 Å². The quantitative estimate of drug-likeness (QED) is 0.725. The Morgan fingerprint density at radius 3 is 2.95 bits per heavy atom. The van der Waals surface area contributed by atoms with Gasteiger partial charge in [-0.15, -0.1) is 11.3 Å². The maximum Gasteiger partial charge on any atom is 0.263 e. The molecule has 19 heavy (non-hydrogen) atoms. The first-order valence-corrected chi connectivity index (χ1v) is 6.84. The molecule has 102 valence electrons. The van der Waals surface area contributed by atoms with Gasteiger partial charge in [0.05, 0.1) is 18.2 Å². The summed E-state index contributed by atoms with van der Waals surface area (Å²) in [5, 5.41) is 3.61. The number of anilines is 1. The normalized spacial score (nSPS) is 10.6. The van der Waals surface area contributed by atoms with Crippen molar-refractivity contribution in [3.63, 3.8) is 0 Å². The van der Waals surface area contributed by atoms with E-state index in [2.05, 4.69) is 5.32 Å². The summed E-state index contributed by atoms with van der Waals surface area (Å²) in [7, 11) is 1.59. The topological polar surface area (TPSA) is 90.4 Å². The summed E-state index contributed by atoms with van der Waals surface area (Å²) in [5.41, 5.74) is 11.9. The Labute approximate surface area is 115 Å². The third kappa shape index (κ3) is 2.64. The average Bonchev–Trinajstić information content (AvgIpc) is 2.76. The van der Waals surface area contributed by atoms with Crippen molar-refractivity contribution < 1.29 is 9.53 Å². The van der Waals surface area contributed by atoms with Crippen molar-refractivity contribution in [3.8, 4) is 5.75 Å². The minimum Gasteiger partial charge on any atom is -0.496 e. The minimum atomic E-state index is -0.158. The number of rotatable bonds is 5. The molecule has 0 saturated carbocycles. The molecule has 0 fully saturated rings. The molecule has 0 aliphatic heterocycles. The number of nitrogen functional groups attached to an aromatic ring is 1. The van der Waals surface area contributed by atoms with Gasteiger partial charge in [-0.3, -0.25) is 4.79 Å². The smallest absolute Gasteiger partial charge is 0.263 e. The van der Waals surface area contributed by atoms with E-state index in [-0.39, 0.29) is 5.91 Å². The molecular weight excluding hydrogens is 262 g/mol. The van der Waals surface area contributed by atoms with Gasteiger partial charge < -0.3 is 21.5 Å². The fraction of sp³-hybridized carbons (Fsp3) is 0.308. The molecule has 1 heterocycles. The van der Waals surface area contributed by atoms with E-state index < -0.39 is 0 Å². The van der Waals surface area contributed by atoms with Crippen LogP contribution in [-0.2, 0) is 0 Å². The number of methoxy groups -OCH3 is 1. The molecule has 0 aliphatic rings. The Hall–Kier alpha value is -1.79. The lowest BCUT2D eigenvalue weighted by molar-refractivity contribution is 0.0958. The number of benzene rings is 1. The summed E-state index contributed by atoms with van der Waals surface area (Å²) in [6, 6.07) is 5.64. The van der Waals surface area contributed by atoms with Crippen LogP contribution in [0.2, 0.25) is 0 Å². The third-order valence-electron chi connectivity index (χ3n) is 2.81. The maximum absolute atomic E-state index is 12.0. The van der Waals surface area contributed by atoms with Crippen molar-refractivity contribution in [1.82, 2.24) is 5.32 Å². The highest BCUT2D eigenvalue weighted by Crippen LogP contribution is 2.39. The van der Waals surface area contributed by atoms with Crippen LogP contribution >= 0.6 is 11.3 Å². The summed E-state index contributed by atoms with van der Waals surface area (Å²) in [5.74, 6) is 0.529. The van der Waals surface area contributed by atoms with Crippen LogP contribution in [0.5, 0.6) is 5.75 Å². The first-order valence-electron chi connectivity index (χ1n) is 6.02. The lowest BCUT2D eigenvalue weighted by Gasteiger charge is -2.04. The van der Waals surface area contributed by atoms with E-state index in [1.54, 1.807) is 7.11 Å². The van der Waals surface area contributed by atoms with E-state index in [9.17, 15) is 4.79 Å². The second-order valence-corrected chi connectivity index (χ2v) is 5.13. The van der Waals surface area contributed by atoms with Gasteiger partial charge in [-0.05, 0) is 25.1 Å². The monoisotopic (exact) mass is 279 g/mol. The minimum absolute atomic E-state index is 0.158. The van der Waals surface area contributed by atoms with Gasteiger partial charge >= 0.3 is 0 Å². The van der Waals surface area contributed by atoms with E-state index in [1.165, 1.54) is 11.3 Å². The van der Waals surface area contributed by atoms with E-state index in [0.29, 0.717) is 29.4 Å². The van der Waals surface area contributed by atoms with Gasteiger partial charge in [0.1, 0.15) is 10.6 Å². The molecule has 0 atom stereocenters. The van der Waals surface area contributed by atoms with Crippen LogP contribution in [0.25, 0.3) is 10.1 Å². The van der Waals surface area contributed by atoms with E-state index in [1.807, 2.05) is 18.2 Å². The Balaban J connectivity index is 2.34. The van der Waals surface area contributed by atoms with E-state index in [0.717, 1.165) is 16.5 Å². The second-order valence-electron chi connectivity index (χ2n) is 4.08. The van der Waals surface area contributed by atoms with Crippen molar-refractivity contribution in [2.75, 3.05) is 25.9 Å². The van der Waals surface area contributed by atoms with Gasteiger partial charge in [0.2, 0.25) is 0 Å². The van der Waals surface area contributed by atoms with Crippen LogP contribution < -0.4 is 21.5 Å². The van der Waals surface area contributed by atoms with Gasteiger partial charge in [-0.25, -0.2) is 0 Å². The predicted octanol–water partition coefficient (Wildman–Crippen LogP) is 1.57. The van der Waals surface area contributed by atoms with Crippen LogP contribution in [-0.4, -0.2) is 26.1 Å². The second kappa shape index (κ2) is 5.90. The zero-order valence-corrected chi connectivity index (χ0v) is 11.5. The molecule has 5 N–H and O–H groups in total. The highest BCUT2D eigenvalue weighted by atomic mass is 32.1. The third-order valence-corrected chi connectivity index (χ3v) is 3.98. The number of ether oxygens (including phenoxy) is 1. The van der Waals surface area contributed by atoms with Gasteiger partial charge in [-0.2, -0.15) is 0 Å². The molecule has 1 amide bonds. The predicted molar refractivity (Wildman–Crippen MR) is 78.8 cm³/mol. The lowest BCUT2D eigenvalue weighted by atomic mass is 10.2. The van der Waals surface area contributed by atoms with Crippen LogP contribution in [0.4, 0.5) is 5.69 Å². The fourth-order valence-corrected chi connectivity index (χ4v) is 2.92. The molecule has 0 aliphatic carbocycles. The van der Waals surface area contributed by atoms with Gasteiger partial charge in [0, 0.05) is 11.2 Å². The molecule has 0 bridgehead atoms. The molecule has 6 heteroatoms. The SMILES string of the molecule is COc1cccc2sc(C(=O)NCCCN)c(N)c12. The number of nitrogens with one attached hydrogen (secondary N) is 1. The number of thiophene rings is 1. The molecule has 1 aromatic heterocycles. The molecule has 1 aromatic carbocycles. The molecule has 0 spiro atoms. The van der Waals surface area contributed by atoms with Gasteiger partial charge in [0.25, 0.3) is 5.91 Å². The molecule has 5 nitrogen and oxygen atoms in total. The number of hydrogen-bond acceptors (Lipinski definition) is 5. The number of hydrogen-bond donors (Lipinski definition) is 3. The van der Waals surface area contributed by atoms with Crippen LogP contribution in [0.1, 0.15) is 16.1 Å². The zero-order chi connectivity index (χ0) is 13.8. The molecule has 2 aromatic rings. The maximum atomic E-state index is 12.0. The first kappa shape index (κ1) is 13.6. The Bertz CT molecular complexity index is 595. The molecule has 0 unspecified atom stereocenters. The van der Waals surface area contributed by atoms with Crippen molar-refractivity contribution in [1.29, 1.82) is 0 Å². The number of nitrogens with two attached hydrogens (primary N) is 2.